The van der Waals surface area contributed by atoms with E-state index in [4.69, 9.17) is 10.5 Å². The van der Waals surface area contributed by atoms with Crippen molar-refractivity contribution in [1.82, 2.24) is 9.29 Å². The predicted octanol–water partition coefficient (Wildman–Crippen LogP) is 1.31. The minimum absolute atomic E-state index is 0.109. The number of esters is 1. The molecule has 0 saturated carbocycles. The molecule has 4 rings (SSSR count). The third-order valence-corrected chi connectivity index (χ3v) is 8.92. The first kappa shape index (κ1) is 23.3. The number of anilines is 1. The van der Waals surface area contributed by atoms with Crippen LogP contribution in [0.5, 0.6) is 0 Å². The van der Waals surface area contributed by atoms with Crippen molar-refractivity contribution in [3.8, 4) is 0 Å². The van der Waals surface area contributed by atoms with Gasteiger partial charge in [-0.3, -0.25) is 19.4 Å². The highest BCUT2D eigenvalue weighted by Crippen LogP contribution is 2.38. The normalized spacial score (nSPS) is 16.8. The fraction of sp³-hybridized carbons (Fsp3) is 0.429. The Labute approximate surface area is 195 Å². The Hall–Kier alpha value is -2.83. The number of thiophene rings is 1. The number of aromatic nitrogens is 1. The van der Waals surface area contributed by atoms with Gasteiger partial charge in [-0.1, -0.05) is 0 Å². The second-order valence-corrected chi connectivity index (χ2v) is 11.0. The molecule has 2 aromatic heterocycles. The molecule has 176 valence electrons. The third-order valence-electron chi connectivity index (χ3n) is 5.83. The number of carbonyl (C=O) groups is 3. The van der Waals surface area contributed by atoms with Crippen molar-refractivity contribution in [2.24, 2.45) is 11.7 Å². The number of fused-ring (bicyclic) bond motifs is 1. The largest absolute Gasteiger partial charge is 0.455 e. The SMILES string of the molecule is NC(=O)c1c(NC(=O)COC(=O)C2CCN(S(=O)(=O)c3cccnc3)CC2)sc2c1CCC2. The van der Waals surface area contributed by atoms with E-state index in [1.165, 1.54) is 34.1 Å². The lowest BCUT2D eigenvalue weighted by Gasteiger charge is -2.29. The molecule has 3 heterocycles. The van der Waals surface area contributed by atoms with Gasteiger partial charge in [-0.25, -0.2) is 8.42 Å². The van der Waals surface area contributed by atoms with Crippen molar-refractivity contribution in [1.29, 1.82) is 0 Å². The van der Waals surface area contributed by atoms with Gasteiger partial charge in [-0.05, 0) is 49.8 Å². The number of nitrogens with zero attached hydrogens (tertiary/aromatic N) is 2. The quantitative estimate of drug-likeness (QED) is 0.554. The zero-order chi connectivity index (χ0) is 23.6. The van der Waals surface area contributed by atoms with Crippen LogP contribution in [0.15, 0.2) is 29.4 Å². The summed E-state index contributed by atoms with van der Waals surface area (Å²) in [4.78, 5) is 41.6. The fourth-order valence-electron chi connectivity index (χ4n) is 4.15. The molecule has 12 heteroatoms. The number of pyridine rings is 1. The number of nitrogens with two attached hydrogens (primary N) is 1. The van der Waals surface area contributed by atoms with Crippen molar-refractivity contribution >= 4 is 44.1 Å². The second-order valence-electron chi connectivity index (χ2n) is 7.95. The highest BCUT2D eigenvalue weighted by molar-refractivity contribution is 7.89. The molecule has 10 nitrogen and oxygen atoms in total. The summed E-state index contributed by atoms with van der Waals surface area (Å²) in [5.41, 5.74) is 6.73. The molecule has 0 aromatic carbocycles. The lowest BCUT2D eigenvalue weighted by atomic mass is 9.98. The summed E-state index contributed by atoms with van der Waals surface area (Å²) in [6.45, 7) is -0.147. The number of sulfonamides is 1. The molecule has 1 aliphatic carbocycles. The predicted molar refractivity (Wildman–Crippen MR) is 120 cm³/mol. The number of hydrogen-bond acceptors (Lipinski definition) is 8. The van der Waals surface area contributed by atoms with E-state index in [2.05, 4.69) is 10.3 Å². The Bertz CT molecular complexity index is 1170. The number of primary amides is 1. The smallest absolute Gasteiger partial charge is 0.309 e. The molecule has 0 bridgehead atoms. The van der Waals surface area contributed by atoms with Gasteiger partial charge in [-0.2, -0.15) is 4.31 Å². The highest BCUT2D eigenvalue weighted by atomic mass is 32.2. The monoisotopic (exact) mass is 492 g/mol. The summed E-state index contributed by atoms with van der Waals surface area (Å²) in [6.07, 6.45) is 5.94. The maximum Gasteiger partial charge on any atom is 0.309 e. The molecule has 1 aliphatic heterocycles. The molecule has 0 spiro atoms. The van der Waals surface area contributed by atoms with Gasteiger partial charge in [0.25, 0.3) is 11.8 Å². The average Bonchev–Trinajstić information content (AvgIpc) is 3.38. The topological polar surface area (TPSA) is 149 Å². The second kappa shape index (κ2) is 9.57. The van der Waals surface area contributed by atoms with Crippen LogP contribution < -0.4 is 11.1 Å². The molecular weight excluding hydrogens is 468 g/mol. The van der Waals surface area contributed by atoms with Crippen LogP contribution in [-0.4, -0.2) is 55.2 Å². The van der Waals surface area contributed by atoms with Crippen LogP contribution in [0.1, 0.15) is 40.1 Å². The number of carbonyl (C=O) groups excluding carboxylic acids is 3. The van der Waals surface area contributed by atoms with Crippen LogP contribution in [0, 0.1) is 5.92 Å². The summed E-state index contributed by atoms with van der Waals surface area (Å²) in [6, 6.07) is 3.03. The third kappa shape index (κ3) is 4.92. The zero-order valence-electron chi connectivity index (χ0n) is 17.8. The number of aryl methyl sites for hydroxylation is 1. The maximum atomic E-state index is 12.7. The lowest BCUT2D eigenvalue weighted by Crippen LogP contribution is -2.41. The Kier molecular flexibility index (Phi) is 6.77. The number of rotatable bonds is 7. The molecule has 2 amide bonds. The van der Waals surface area contributed by atoms with E-state index >= 15 is 0 Å². The van der Waals surface area contributed by atoms with E-state index in [0.29, 0.717) is 23.4 Å². The molecule has 2 aromatic rings. The number of amides is 2. The van der Waals surface area contributed by atoms with Crippen molar-refractivity contribution in [3.63, 3.8) is 0 Å². The Morgan fingerprint density at radius 2 is 2.00 bits per heavy atom. The Balaban J connectivity index is 1.28. The molecule has 0 unspecified atom stereocenters. The zero-order valence-corrected chi connectivity index (χ0v) is 19.4. The van der Waals surface area contributed by atoms with Crippen LogP contribution >= 0.6 is 11.3 Å². The molecule has 1 fully saturated rings. The summed E-state index contributed by atoms with van der Waals surface area (Å²) in [7, 11) is -3.66. The standard InChI is InChI=1S/C21H24N4O6S2/c22-19(27)18-15-4-1-5-16(15)32-20(18)24-17(26)12-31-21(28)13-6-9-25(10-7-13)33(29,30)14-3-2-8-23-11-14/h2-3,8,11,13H,1,4-7,9-10,12H2,(H2,22,27)(H,24,26). The van der Waals surface area contributed by atoms with Gasteiger partial charge in [0.05, 0.1) is 11.5 Å². The van der Waals surface area contributed by atoms with E-state index in [1.807, 2.05) is 0 Å². The van der Waals surface area contributed by atoms with Crippen molar-refractivity contribution in [2.75, 3.05) is 25.0 Å². The molecule has 33 heavy (non-hydrogen) atoms. The molecule has 1 saturated heterocycles. The van der Waals surface area contributed by atoms with Crippen LogP contribution in [0.2, 0.25) is 0 Å². The van der Waals surface area contributed by atoms with Gasteiger partial charge in [0.2, 0.25) is 10.0 Å². The average molecular weight is 493 g/mol. The maximum absolute atomic E-state index is 12.7. The summed E-state index contributed by atoms with van der Waals surface area (Å²) < 4.78 is 31.8. The number of ether oxygens (including phenoxy) is 1. The van der Waals surface area contributed by atoms with Gasteiger partial charge in [0.15, 0.2) is 6.61 Å². The Morgan fingerprint density at radius 3 is 2.67 bits per heavy atom. The summed E-state index contributed by atoms with van der Waals surface area (Å²) >= 11 is 1.33. The molecule has 2 aliphatic rings. The van der Waals surface area contributed by atoms with Crippen molar-refractivity contribution in [3.05, 3.63) is 40.5 Å². The molecule has 0 radical (unpaired) electrons. The molecule has 3 N–H and O–H groups in total. The van der Waals surface area contributed by atoms with Crippen LogP contribution in [-0.2, 0) is 37.2 Å². The van der Waals surface area contributed by atoms with Gasteiger partial charge < -0.3 is 15.8 Å². The van der Waals surface area contributed by atoms with Crippen molar-refractivity contribution in [2.45, 2.75) is 37.0 Å². The van der Waals surface area contributed by atoms with Gasteiger partial charge in [0, 0.05) is 30.4 Å². The number of hydrogen-bond donors (Lipinski definition) is 2. The number of piperidine rings is 1. The minimum Gasteiger partial charge on any atom is -0.455 e. The van der Waals surface area contributed by atoms with Crippen LogP contribution in [0.25, 0.3) is 0 Å². The van der Waals surface area contributed by atoms with Gasteiger partial charge in [-0.15, -0.1) is 11.3 Å². The highest BCUT2D eigenvalue weighted by Gasteiger charge is 2.33. The molecular formula is C21H24N4O6S2. The van der Waals surface area contributed by atoms with Gasteiger partial charge in [0.1, 0.15) is 9.90 Å². The minimum atomic E-state index is -3.66. The van der Waals surface area contributed by atoms with Crippen LogP contribution in [0.4, 0.5) is 5.00 Å². The Morgan fingerprint density at radius 1 is 1.24 bits per heavy atom. The number of nitrogens with one attached hydrogen (secondary N) is 1. The fourth-order valence-corrected chi connectivity index (χ4v) is 6.90. The summed E-state index contributed by atoms with van der Waals surface area (Å²) in [5.74, 6) is -2.19. The van der Waals surface area contributed by atoms with E-state index in [9.17, 15) is 22.8 Å². The van der Waals surface area contributed by atoms with Crippen molar-refractivity contribution < 1.29 is 27.5 Å². The van der Waals surface area contributed by atoms with E-state index in [1.54, 1.807) is 6.07 Å². The van der Waals surface area contributed by atoms with E-state index < -0.39 is 40.3 Å². The van der Waals surface area contributed by atoms with E-state index in [0.717, 1.165) is 29.7 Å². The first-order valence-electron chi connectivity index (χ1n) is 10.6. The van der Waals surface area contributed by atoms with E-state index in [-0.39, 0.29) is 18.0 Å². The first-order valence-corrected chi connectivity index (χ1v) is 12.8. The lowest BCUT2D eigenvalue weighted by molar-refractivity contribution is -0.152. The van der Waals surface area contributed by atoms with Crippen LogP contribution in [0.3, 0.4) is 0 Å². The summed E-state index contributed by atoms with van der Waals surface area (Å²) in [5, 5.41) is 3.02. The molecule has 0 atom stereocenters. The van der Waals surface area contributed by atoms with Gasteiger partial charge >= 0.3 is 5.97 Å². The first-order chi connectivity index (χ1) is 15.8.